The molecule has 0 amide bonds. The molecule has 1 N–H and O–H groups in total. The first-order valence-corrected chi connectivity index (χ1v) is 6.99. The van der Waals surface area contributed by atoms with E-state index in [1.807, 2.05) is 0 Å². The van der Waals surface area contributed by atoms with Crippen molar-refractivity contribution >= 4 is 44.4 Å². The summed E-state index contributed by atoms with van der Waals surface area (Å²) < 4.78 is 5.86. The fraction of sp³-hybridized carbons (Fsp3) is 0.571. The van der Waals surface area contributed by atoms with Crippen molar-refractivity contribution in [2.24, 2.45) is 4.99 Å². The highest BCUT2D eigenvalue weighted by Crippen LogP contribution is 2.21. The zero-order valence-electron chi connectivity index (χ0n) is 7.88. The fourth-order valence-electron chi connectivity index (χ4n) is 1.10. The number of aliphatic imine (C=N–C) groups is 1. The SMILES string of the molecule is S=c1nc(N=CNN2CCOCC2)ss1. The first kappa shape index (κ1) is 11.1. The molecule has 0 bridgehead atoms. The molecular weight excluding hydrogens is 252 g/mol. The van der Waals surface area contributed by atoms with Gasteiger partial charge in [0, 0.05) is 13.1 Å². The third-order valence-corrected chi connectivity index (χ3v) is 4.29. The van der Waals surface area contributed by atoms with E-state index in [9.17, 15) is 0 Å². The van der Waals surface area contributed by atoms with Crippen LogP contribution in [0, 0.1) is 3.95 Å². The molecule has 1 aromatic rings. The molecule has 1 saturated heterocycles. The molecular formula is C7H10N4OS3. The van der Waals surface area contributed by atoms with E-state index in [1.165, 1.54) is 20.7 Å². The Hall–Kier alpha value is -0.410. The minimum absolute atomic E-state index is 0.638. The molecule has 1 aliphatic heterocycles. The maximum Gasteiger partial charge on any atom is 0.222 e. The van der Waals surface area contributed by atoms with E-state index in [0.717, 1.165) is 26.3 Å². The smallest absolute Gasteiger partial charge is 0.222 e. The maximum atomic E-state index is 5.22. The molecule has 1 aliphatic rings. The highest BCUT2D eigenvalue weighted by molar-refractivity contribution is 7.79. The van der Waals surface area contributed by atoms with Crippen LogP contribution >= 0.6 is 32.9 Å². The molecule has 82 valence electrons. The average molecular weight is 262 g/mol. The van der Waals surface area contributed by atoms with E-state index < -0.39 is 0 Å². The molecule has 0 aliphatic carbocycles. The standard InChI is InChI=1S/C7H10N4OS3/c13-7-10-6(14-15-7)8-5-9-11-1-3-12-4-2-11/h5H,1-4H2,(H,8,9,10,13). The lowest BCUT2D eigenvalue weighted by Crippen LogP contribution is -2.44. The van der Waals surface area contributed by atoms with Crippen LogP contribution < -0.4 is 5.43 Å². The lowest BCUT2D eigenvalue weighted by atomic mass is 10.5. The molecule has 5 nitrogen and oxygen atoms in total. The summed E-state index contributed by atoms with van der Waals surface area (Å²) in [5, 5.41) is 2.75. The summed E-state index contributed by atoms with van der Waals surface area (Å²) in [7, 11) is 2.94. The van der Waals surface area contributed by atoms with Crippen LogP contribution in [0.1, 0.15) is 0 Å². The monoisotopic (exact) mass is 262 g/mol. The second-order valence-corrected chi connectivity index (χ2v) is 5.54. The van der Waals surface area contributed by atoms with E-state index >= 15 is 0 Å². The maximum absolute atomic E-state index is 5.22. The van der Waals surface area contributed by atoms with Crippen LogP contribution in [0.2, 0.25) is 0 Å². The summed E-state index contributed by atoms with van der Waals surface area (Å²) in [5.74, 6) is 0. The molecule has 2 heterocycles. The minimum atomic E-state index is 0.638. The number of hydrazine groups is 1. The van der Waals surface area contributed by atoms with Crippen molar-refractivity contribution < 1.29 is 4.74 Å². The van der Waals surface area contributed by atoms with Gasteiger partial charge in [0.2, 0.25) is 5.13 Å². The topological polar surface area (TPSA) is 49.8 Å². The van der Waals surface area contributed by atoms with Gasteiger partial charge in [0.1, 0.15) is 6.34 Å². The third-order valence-electron chi connectivity index (χ3n) is 1.80. The number of hydrogen-bond acceptors (Lipinski definition) is 7. The number of aromatic nitrogens is 1. The number of nitrogens with zero attached hydrogens (tertiary/aromatic N) is 3. The Labute approximate surface area is 99.8 Å². The van der Waals surface area contributed by atoms with Crippen molar-refractivity contribution in [1.82, 2.24) is 15.4 Å². The number of ether oxygens (including phenoxy) is 1. The van der Waals surface area contributed by atoms with Crippen LogP contribution in [-0.4, -0.2) is 42.6 Å². The number of morpholine rings is 1. The lowest BCUT2D eigenvalue weighted by molar-refractivity contribution is 0.0257. The Balaban J connectivity index is 1.81. The Bertz CT molecular complexity index is 382. The van der Waals surface area contributed by atoms with E-state index in [4.69, 9.17) is 17.0 Å². The van der Waals surface area contributed by atoms with Gasteiger partial charge in [-0.2, -0.15) is 4.98 Å². The van der Waals surface area contributed by atoms with Crippen molar-refractivity contribution in [2.45, 2.75) is 0 Å². The van der Waals surface area contributed by atoms with Crippen LogP contribution in [-0.2, 0) is 4.74 Å². The van der Waals surface area contributed by atoms with Crippen LogP contribution in [0.15, 0.2) is 4.99 Å². The second kappa shape index (κ2) is 5.61. The first-order chi connectivity index (χ1) is 7.34. The van der Waals surface area contributed by atoms with Crippen LogP contribution in [0.5, 0.6) is 0 Å². The summed E-state index contributed by atoms with van der Waals surface area (Å²) >= 11 is 4.91. The molecule has 0 radical (unpaired) electrons. The highest BCUT2D eigenvalue weighted by atomic mass is 32.9. The number of hydrogen-bond donors (Lipinski definition) is 1. The molecule has 0 unspecified atom stereocenters. The normalized spacial score (nSPS) is 18.4. The second-order valence-electron chi connectivity index (χ2n) is 2.81. The van der Waals surface area contributed by atoms with Gasteiger partial charge in [-0.1, -0.05) is 0 Å². The molecule has 8 heteroatoms. The van der Waals surface area contributed by atoms with Gasteiger partial charge < -0.3 is 10.2 Å². The van der Waals surface area contributed by atoms with Crippen molar-refractivity contribution in [2.75, 3.05) is 26.3 Å². The quantitative estimate of drug-likeness (QED) is 0.386. The van der Waals surface area contributed by atoms with Gasteiger partial charge >= 0.3 is 0 Å². The molecule has 15 heavy (non-hydrogen) atoms. The van der Waals surface area contributed by atoms with Crippen molar-refractivity contribution in [1.29, 1.82) is 0 Å². The summed E-state index contributed by atoms with van der Waals surface area (Å²) in [6, 6.07) is 0. The van der Waals surface area contributed by atoms with E-state index in [2.05, 4.69) is 20.4 Å². The fourth-order valence-corrected chi connectivity index (χ4v) is 2.89. The lowest BCUT2D eigenvalue weighted by Gasteiger charge is -2.25. The minimum Gasteiger partial charge on any atom is -0.379 e. The van der Waals surface area contributed by atoms with Gasteiger partial charge in [0.05, 0.1) is 13.2 Å². The Morgan fingerprint density at radius 1 is 1.47 bits per heavy atom. The van der Waals surface area contributed by atoms with Crippen molar-refractivity contribution in [3.05, 3.63) is 3.95 Å². The zero-order chi connectivity index (χ0) is 10.5. The molecule has 0 spiro atoms. The highest BCUT2D eigenvalue weighted by Gasteiger charge is 2.07. The molecule has 1 fully saturated rings. The first-order valence-electron chi connectivity index (χ1n) is 4.43. The van der Waals surface area contributed by atoms with Gasteiger partial charge in [-0.05, 0) is 32.9 Å². The van der Waals surface area contributed by atoms with Gasteiger partial charge in [0.25, 0.3) is 0 Å². The van der Waals surface area contributed by atoms with Crippen LogP contribution in [0.3, 0.4) is 0 Å². The predicted octanol–water partition coefficient (Wildman–Crippen LogP) is 1.43. The van der Waals surface area contributed by atoms with Crippen LogP contribution in [0.25, 0.3) is 0 Å². The summed E-state index contributed by atoms with van der Waals surface area (Å²) in [5.41, 5.74) is 3.08. The summed E-state index contributed by atoms with van der Waals surface area (Å²) in [4.78, 5) is 8.22. The third kappa shape index (κ3) is 3.58. The Morgan fingerprint density at radius 2 is 2.27 bits per heavy atom. The molecule has 0 saturated carbocycles. The largest absolute Gasteiger partial charge is 0.379 e. The molecule has 0 atom stereocenters. The van der Waals surface area contributed by atoms with Crippen molar-refractivity contribution in [3.63, 3.8) is 0 Å². The molecule has 1 aromatic heterocycles. The van der Waals surface area contributed by atoms with E-state index in [-0.39, 0.29) is 0 Å². The number of nitrogens with one attached hydrogen (secondary N) is 1. The average Bonchev–Trinajstić information content (AvgIpc) is 2.66. The van der Waals surface area contributed by atoms with Crippen LogP contribution in [0.4, 0.5) is 5.13 Å². The van der Waals surface area contributed by atoms with Gasteiger partial charge in [0.15, 0.2) is 3.95 Å². The molecule has 0 aromatic carbocycles. The zero-order valence-corrected chi connectivity index (χ0v) is 10.3. The summed E-state index contributed by atoms with van der Waals surface area (Å²) in [6.07, 6.45) is 1.64. The number of rotatable bonds is 3. The predicted molar refractivity (Wildman–Crippen MR) is 64.5 cm³/mol. The molecule has 2 rings (SSSR count). The Morgan fingerprint density at radius 3 is 2.93 bits per heavy atom. The van der Waals surface area contributed by atoms with Gasteiger partial charge in [-0.15, -0.1) is 0 Å². The van der Waals surface area contributed by atoms with Gasteiger partial charge in [-0.3, -0.25) is 0 Å². The van der Waals surface area contributed by atoms with E-state index in [0.29, 0.717) is 9.09 Å². The summed E-state index contributed by atoms with van der Waals surface area (Å²) in [6.45, 7) is 3.27. The van der Waals surface area contributed by atoms with E-state index in [1.54, 1.807) is 6.34 Å². The Kier molecular flexibility index (Phi) is 4.15. The van der Waals surface area contributed by atoms with Crippen molar-refractivity contribution in [3.8, 4) is 0 Å². The van der Waals surface area contributed by atoms with Gasteiger partial charge in [-0.25, -0.2) is 10.0 Å².